The predicted octanol–water partition coefficient (Wildman–Crippen LogP) is 6.88. The summed E-state index contributed by atoms with van der Waals surface area (Å²) in [5.74, 6) is 0.199. The SMILES string of the molecule is COC(=O)c1cc(C)c(NC(=O)c2cc(N3CCC(O[Si](C)(C)C(C)(C)C)CC3)nc3ccccc23)c(C)c1. The molecule has 0 bridgehead atoms. The monoisotopic (exact) mass is 547 g/mol. The first-order valence-corrected chi connectivity index (χ1v) is 16.5. The summed E-state index contributed by atoms with van der Waals surface area (Å²) in [6, 6.07) is 13.1. The number of aromatic nitrogens is 1. The van der Waals surface area contributed by atoms with Crippen molar-refractivity contribution in [1.29, 1.82) is 0 Å². The summed E-state index contributed by atoms with van der Waals surface area (Å²) in [5.41, 5.74) is 4.11. The number of hydrogen-bond donors (Lipinski definition) is 1. The van der Waals surface area contributed by atoms with Crippen molar-refractivity contribution in [1.82, 2.24) is 4.98 Å². The summed E-state index contributed by atoms with van der Waals surface area (Å²) in [7, 11) is -0.465. The van der Waals surface area contributed by atoms with Gasteiger partial charge in [0.05, 0.1) is 23.8 Å². The lowest BCUT2D eigenvalue weighted by atomic mass is 10.0. The number of pyridine rings is 1. The number of rotatable bonds is 6. The number of aryl methyl sites for hydroxylation is 2. The van der Waals surface area contributed by atoms with Gasteiger partial charge in [0, 0.05) is 30.3 Å². The Hall–Kier alpha value is -3.23. The fourth-order valence-electron chi connectivity index (χ4n) is 4.88. The van der Waals surface area contributed by atoms with E-state index in [9.17, 15) is 9.59 Å². The average molecular weight is 548 g/mol. The van der Waals surface area contributed by atoms with Gasteiger partial charge in [-0.05, 0) is 80.2 Å². The number of nitrogens with one attached hydrogen (secondary N) is 1. The van der Waals surface area contributed by atoms with E-state index < -0.39 is 14.3 Å². The molecule has 7 nitrogen and oxygen atoms in total. The Morgan fingerprint density at radius 3 is 2.23 bits per heavy atom. The highest BCUT2D eigenvalue weighted by Gasteiger charge is 2.39. The van der Waals surface area contributed by atoms with Gasteiger partial charge in [-0.2, -0.15) is 0 Å². The molecular weight excluding hydrogens is 506 g/mol. The molecule has 0 aliphatic carbocycles. The van der Waals surface area contributed by atoms with Crippen LogP contribution in [0.1, 0.15) is 65.5 Å². The molecule has 1 N–H and O–H groups in total. The van der Waals surface area contributed by atoms with Gasteiger partial charge in [-0.15, -0.1) is 0 Å². The lowest BCUT2D eigenvalue weighted by molar-refractivity contribution is 0.0600. The molecule has 39 heavy (non-hydrogen) atoms. The molecule has 1 aliphatic rings. The summed E-state index contributed by atoms with van der Waals surface area (Å²) >= 11 is 0. The molecule has 8 heteroatoms. The Balaban J connectivity index is 1.58. The molecule has 3 aromatic rings. The van der Waals surface area contributed by atoms with Gasteiger partial charge in [0.1, 0.15) is 5.82 Å². The van der Waals surface area contributed by atoms with Gasteiger partial charge in [0.2, 0.25) is 0 Å². The van der Waals surface area contributed by atoms with Gasteiger partial charge in [-0.1, -0.05) is 39.0 Å². The van der Waals surface area contributed by atoms with E-state index in [-0.39, 0.29) is 17.0 Å². The molecule has 1 aromatic heterocycles. The van der Waals surface area contributed by atoms with Gasteiger partial charge < -0.3 is 19.4 Å². The van der Waals surface area contributed by atoms with E-state index in [0.29, 0.717) is 16.8 Å². The first-order valence-electron chi connectivity index (χ1n) is 13.6. The summed E-state index contributed by atoms with van der Waals surface area (Å²) in [4.78, 5) is 32.9. The van der Waals surface area contributed by atoms with Crippen molar-refractivity contribution in [2.45, 2.75) is 71.7 Å². The third-order valence-corrected chi connectivity index (χ3v) is 12.7. The second kappa shape index (κ2) is 11.1. The minimum Gasteiger partial charge on any atom is -0.465 e. The molecule has 1 fully saturated rings. The van der Waals surface area contributed by atoms with E-state index in [0.717, 1.165) is 53.8 Å². The number of amides is 1. The smallest absolute Gasteiger partial charge is 0.337 e. The number of carbonyl (C=O) groups is 2. The van der Waals surface area contributed by atoms with E-state index in [4.69, 9.17) is 14.1 Å². The second-order valence-corrected chi connectivity index (χ2v) is 16.8. The van der Waals surface area contributed by atoms with Crippen molar-refractivity contribution in [3.8, 4) is 0 Å². The van der Waals surface area contributed by atoms with E-state index in [1.807, 2.05) is 44.2 Å². The molecule has 0 saturated carbocycles. The molecular formula is C31H41N3O4Si. The highest BCUT2D eigenvalue weighted by molar-refractivity contribution is 6.74. The molecule has 4 rings (SSSR count). The topological polar surface area (TPSA) is 80.8 Å². The molecule has 0 unspecified atom stereocenters. The number of piperidine rings is 1. The molecule has 2 heterocycles. The van der Waals surface area contributed by atoms with Gasteiger partial charge in [-0.25, -0.2) is 9.78 Å². The fraction of sp³-hybridized carbons (Fsp3) is 0.452. The van der Waals surface area contributed by atoms with Crippen LogP contribution in [0.2, 0.25) is 18.1 Å². The van der Waals surface area contributed by atoms with E-state index in [1.165, 1.54) is 7.11 Å². The maximum absolute atomic E-state index is 13.7. The van der Waals surface area contributed by atoms with Crippen LogP contribution in [0.4, 0.5) is 11.5 Å². The van der Waals surface area contributed by atoms with E-state index in [1.54, 1.807) is 12.1 Å². The van der Waals surface area contributed by atoms with Crippen molar-refractivity contribution in [2.75, 3.05) is 30.4 Å². The molecule has 0 spiro atoms. The normalized spacial score (nSPS) is 14.9. The zero-order valence-electron chi connectivity index (χ0n) is 24.5. The van der Waals surface area contributed by atoms with E-state index >= 15 is 0 Å². The van der Waals surface area contributed by atoms with Crippen LogP contribution in [0, 0.1) is 13.8 Å². The van der Waals surface area contributed by atoms with Crippen LogP contribution in [-0.2, 0) is 9.16 Å². The van der Waals surface area contributed by atoms with Crippen LogP contribution < -0.4 is 10.2 Å². The molecule has 1 amide bonds. The predicted molar refractivity (Wildman–Crippen MR) is 160 cm³/mol. The van der Waals surface area contributed by atoms with Gasteiger partial charge >= 0.3 is 5.97 Å². The standard InChI is InChI=1S/C31H41N3O4Si/c1-20-17-22(30(36)37-6)18-21(2)28(20)33-29(35)25-19-27(32-26-12-10-9-11-24(25)26)34-15-13-23(14-16-34)38-39(7,8)31(3,4)5/h9-12,17-19,23H,13-16H2,1-8H3,(H,33,35). The Labute approximate surface area is 233 Å². The third-order valence-electron chi connectivity index (χ3n) is 8.17. The number of para-hydroxylation sites is 1. The van der Waals surface area contributed by atoms with Crippen LogP contribution in [0.5, 0.6) is 0 Å². The Bertz CT molecular complexity index is 1370. The number of hydrogen-bond acceptors (Lipinski definition) is 6. The lowest BCUT2D eigenvalue weighted by Gasteiger charge is -2.42. The van der Waals surface area contributed by atoms with Gasteiger partial charge in [-0.3, -0.25) is 4.79 Å². The molecule has 1 saturated heterocycles. The Kier molecular flexibility index (Phi) is 8.19. The second-order valence-electron chi connectivity index (χ2n) is 12.0. The summed E-state index contributed by atoms with van der Waals surface area (Å²) in [5, 5.41) is 4.08. The van der Waals surface area contributed by atoms with Crippen LogP contribution >= 0.6 is 0 Å². The first-order chi connectivity index (χ1) is 18.3. The number of nitrogens with zero attached hydrogens (tertiary/aromatic N) is 2. The van der Waals surface area contributed by atoms with Crippen molar-refractivity contribution in [3.63, 3.8) is 0 Å². The van der Waals surface area contributed by atoms with Crippen molar-refractivity contribution in [2.24, 2.45) is 0 Å². The zero-order chi connectivity index (χ0) is 28.5. The molecule has 208 valence electrons. The van der Waals surface area contributed by atoms with E-state index in [2.05, 4.69) is 44.1 Å². The highest BCUT2D eigenvalue weighted by atomic mass is 28.4. The number of methoxy groups -OCH3 is 1. The number of esters is 1. The van der Waals surface area contributed by atoms with Crippen LogP contribution in [0.3, 0.4) is 0 Å². The third kappa shape index (κ3) is 6.17. The number of carbonyl (C=O) groups excluding carboxylic acids is 2. The van der Waals surface area contributed by atoms with Crippen LogP contribution in [-0.4, -0.2) is 51.5 Å². The first kappa shape index (κ1) is 28.8. The number of benzene rings is 2. The minimum atomic E-state index is -1.83. The van der Waals surface area contributed by atoms with Gasteiger partial charge in [0.25, 0.3) is 5.91 Å². The number of fused-ring (bicyclic) bond motifs is 1. The highest BCUT2D eigenvalue weighted by Crippen LogP contribution is 2.38. The maximum atomic E-state index is 13.7. The molecule has 1 aliphatic heterocycles. The largest absolute Gasteiger partial charge is 0.465 e. The molecule has 0 atom stereocenters. The van der Waals surface area contributed by atoms with Crippen molar-refractivity contribution >= 4 is 42.6 Å². The quantitative estimate of drug-likeness (QED) is 0.268. The Morgan fingerprint density at radius 2 is 1.64 bits per heavy atom. The Morgan fingerprint density at radius 1 is 1.03 bits per heavy atom. The van der Waals surface area contributed by atoms with Gasteiger partial charge in [0.15, 0.2) is 8.32 Å². The van der Waals surface area contributed by atoms with Crippen LogP contribution in [0.25, 0.3) is 10.9 Å². The summed E-state index contributed by atoms with van der Waals surface area (Å²) in [6.45, 7) is 16.9. The molecule has 0 radical (unpaired) electrons. The fourth-order valence-corrected chi connectivity index (χ4v) is 6.31. The van der Waals surface area contributed by atoms with Crippen molar-refractivity contribution in [3.05, 3.63) is 64.7 Å². The summed E-state index contributed by atoms with van der Waals surface area (Å²) in [6.07, 6.45) is 2.13. The maximum Gasteiger partial charge on any atom is 0.337 e. The molecule has 2 aromatic carbocycles. The summed E-state index contributed by atoms with van der Waals surface area (Å²) < 4.78 is 11.5. The lowest BCUT2D eigenvalue weighted by Crippen LogP contribution is -2.47. The number of ether oxygens (including phenoxy) is 1. The number of anilines is 2. The average Bonchev–Trinajstić information content (AvgIpc) is 2.89. The minimum absolute atomic E-state index is 0.183. The van der Waals surface area contributed by atoms with Crippen molar-refractivity contribution < 1.29 is 18.8 Å². The van der Waals surface area contributed by atoms with Crippen LogP contribution in [0.15, 0.2) is 42.5 Å². The zero-order valence-corrected chi connectivity index (χ0v) is 25.5.